The number of pyridine rings is 1. The lowest BCUT2D eigenvalue weighted by molar-refractivity contribution is 0.414. The lowest BCUT2D eigenvalue weighted by Crippen LogP contribution is -2.14. The van der Waals surface area contributed by atoms with E-state index in [1.165, 1.54) is 18.4 Å². The van der Waals surface area contributed by atoms with Gasteiger partial charge in [-0.1, -0.05) is 12.1 Å². The molecule has 1 aromatic heterocycles. The zero-order valence-electron chi connectivity index (χ0n) is 12.0. The SMILES string of the molecule is COc1ccc(C(Nc2cccnc2C)C2CC2)cc1. The summed E-state index contributed by atoms with van der Waals surface area (Å²) in [4.78, 5) is 4.35. The molecule has 3 rings (SSSR count). The van der Waals surface area contributed by atoms with Crippen molar-refractivity contribution in [1.82, 2.24) is 4.98 Å². The van der Waals surface area contributed by atoms with E-state index in [4.69, 9.17) is 4.74 Å². The number of anilines is 1. The Morgan fingerprint density at radius 3 is 2.55 bits per heavy atom. The molecule has 0 spiro atoms. The Balaban J connectivity index is 1.83. The summed E-state index contributed by atoms with van der Waals surface area (Å²) in [6, 6.07) is 12.8. The monoisotopic (exact) mass is 268 g/mol. The molecule has 1 unspecified atom stereocenters. The van der Waals surface area contributed by atoms with Gasteiger partial charge in [-0.25, -0.2) is 0 Å². The normalized spacial score (nSPS) is 15.7. The minimum absolute atomic E-state index is 0.365. The van der Waals surface area contributed by atoms with Gasteiger partial charge < -0.3 is 10.1 Å². The average Bonchev–Trinajstić information content (AvgIpc) is 3.31. The minimum Gasteiger partial charge on any atom is -0.497 e. The first kappa shape index (κ1) is 13.0. The van der Waals surface area contributed by atoms with Crippen molar-refractivity contribution in [2.75, 3.05) is 12.4 Å². The number of hydrogen-bond donors (Lipinski definition) is 1. The van der Waals surface area contributed by atoms with E-state index >= 15 is 0 Å². The highest BCUT2D eigenvalue weighted by Gasteiger charge is 2.32. The lowest BCUT2D eigenvalue weighted by Gasteiger charge is -2.21. The van der Waals surface area contributed by atoms with Gasteiger partial charge in [0.15, 0.2) is 0 Å². The van der Waals surface area contributed by atoms with Crippen molar-refractivity contribution >= 4 is 5.69 Å². The van der Waals surface area contributed by atoms with Gasteiger partial charge in [-0.3, -0.25) is 4.98 Å². The van der Waals surface area contributed by atoms with Crippen LogP contribution in [0.25, 0.3) is 0 Å². The number of methoxy groups -OCH3 is 1. The molecule has 1 aliphatic carbocycles. The van der Waals surface area contributed by atoms with E-state index < -0.39 is 0 Å². The van der Waals surface area contributed by atoms with E-state index in [9.17, 15) is 0 Å². The summed E-state index contributed by atoms with van der Waals surface area (Å²) in [5, 5.41) is 3.66. The van der Waals surface area contributed by atoms with Crippen LogP contribution in [-0.2, 0) is 0 Å². The first-order valence-corrected chi connectivity index (χ1v) is 7.10. The van der Waals surface area contributed by atoms with Crippen LogP contribution >= 0.6 is 0 Å². The number of nitrogens with one attached hydrogen (secondary N) is 1. The van der Waals surface area contributed by atoms with Crippen LogP contribution < -0.4 is 10.1 Å². The third kappa shape index (κ3) is 2.77. The van der Waals surface area contributed by atoms with Gasteiger partial charge >= 0.3 is 0 Å². The van der Waals surface area contributed by atoms with Crippen molar-refractivity contribution < 1.29 is 4.74 Å². The van der Waals surface area contributed by atoms with E-state index in [1.807, 2.05) is 31.3 Å². The highest BCUT2D eigenvalue weighted by molar-refractivity contribution is 5.49. The van der Waals surface area contributed by atoms with Crippen molar-refractivity contribution in [2.45, 2.75) is 25.8 Å². The third-order valence-corrected chi connectivity index (χ3v) is 3.89. The number of ether oxygens (including phenoxy) is 1. The Morgan fingerprint density at radius 2 is 1.95 bits per heavy atom. The summed E-state index contributed by atoms with van der Waals surface area (Å²) in [7, 11) is 1.70. The van der Waals surface area contributed by atoms with E-state index in [-0.39, 0.29) is 0 Å². The van der Waals surface area contributed by atoms with E-state index in [0.29, 0.717) is 6.04 Å². The van der Waals surface area contributed by atoms with Crippen LogP contribution in [0.3, 0.4) is 0 Å². The molecule has 1 aromatic carbocycles. The molecule has 3 nitrogen and oxygen atoms in total. The molecule has 3 heteroatoms. The summed E-state index contributed by atoms with van der Waals surface area (Å²) in [5.74, 6) is 1.63. The van der Waals surface area contributed by atoms with Gasteiger partial charge in [-0.15, -0.1) is 0 Å². The van der Waals surface area contributed by atoms with Crippen LogP contribution in [0.5, 0.6) is 5.75 Å². The Kier molecular flexibility index (Phi) is 3.59. The van der Waals surface area contributed by atoms with E-state index in [2.05, 4.69) is 28.5 Å². The quantitative estimate of drug-likeness (QED) is 0.891. The molecular formula is C17H20N2O. The molecular weight excluding hydrogens is 248 g/mol. The number of hydrogen-bond acceptors (Lipinski definition) is 3. The molecule has 1 heterocycles. The maximum absolute atomic E-state index is 5.23. The van der Waals surface area contributed by atoms with Crippen molar-refractivity contribution in [2.24, 2.45) is 5.92 Å². The van der Waals surface area contributed by atoms with Crippen LogP contribution in [0, 0.1) is 12.8 Å². The summed E-state index contributed by atoms with van der Waals surface area (Å²) in [6.45, 7) is 2.04. The van der Waals surface area contributed by atoms with Crippen molar-refractivity contribution in [1.29, 1.82) is 0 Å². The fraction of sp³-hybridized carbons (Fsp3) is 0.353. The predicted molar refractivity (Wildman–Crippen MR) is 81.1 cm³/mol. The lowest BCUT2D eigenvalue weighted by atomic mass is 10.0. The van der Waals surface area contributed by atoms with Crippen LogP contribution in [0.2, 0.25) is 0 Å². The zero-order valence-corrected chi connectivity index (χ0v) is 12.0. The molecule has 1 atom stereocenters. The largest absolute Gasteiger partial charge is 0.497 e. The Hall–Kier alpha value is -2.03. The van der Waals surface area contributed by atoms with Gasteiger partial charge in [-0.2, -0.15) is 0 Å². The summed E-state index contributed by atoms with van der Waals surface area (Å²) >= 11 is 0. The first-order valence-electron chi connectivity index (χ1n) is 7.10. The van der Waals surface area contributed by atoms with Crippen LogP contribution in [0.15, 0.2) is 42.6 Å². The van der Waals surface area contributed by atoms with Gasteiger partial charge in [0.1, 0.15) is 5.75 Å². The number of aromatic nitrogens is 1. The van der Waals surface area contributed by atoms with Gasteiger partial charge in [0.25, 0.3) is 0 Å². The third-order valence-electron chi connectivity index (χ3n) is 3.89. The first-order chi connectivity index (χ1) is 9.78. The van der Waals surface area contributed by atoms with Gasteiger partial charge in [0.2, 0.25) is 0 Å². The molecule has 0 bridgehead atoms. The van der Waals surface area contributed by atoms with E-state index in [1.54, 1.807) is 7.11 Å². The molecule has 2 aromatic rings. The zero-order chi connectivity index (χ0) is 13.9. The predicted octanol–water partition coefficient (Wildman–Crippen LogP) is 3.96. The molecule has 1 saturated carbocycles. The molecule has 1 aliphatic rings. The average molecular weight is 268 g/mol. The second-order valence-electron chi connectivity index (χ2n) is 5.37. The Morgan fingerprint density at radius 1 is 1.20 bits per heavy atom. The van der Waals surface area contributed by atoms with Crippen molar-refractivity contribution in [3.05, 3.63) is 53.9 Å². The molecule has 1 N–H and O–H groups in total. The number of rotatable bonds is 5. The number of nitrogens with zero attached hydrogens (tertiary/aromatic N) is 1. The summed E-state index contributed by atoms with van der Waals surface area (Å²) < 4.78 is 5.23. The Labute approximate surface area is 120 Å². The minimum atomic E-state index is 0.365. The number of benzene rings is 1. The molecule has 20 heavy (non-hydrogen) atoms. The smallest absolute Gasteiger partial charge is 0.118 e. The second kappa shape index (κ2) is 5.53. The standard InChI is InChI=1S/C17H20N2O/c1-12-16(4-3-11-18-12)19-17(13-5-6-13)14-7-9-15(20-2)10-8-14/h3-4,7-11,13,17,19H,5-6H2,1-2H3. The molecule has 104 valence electrons. The molecule has 0 radical (unpaired) electrons. The van der Waals surface area contributed by atoms with Crippen LogP contribution in [-0.4, -0.2) is 12.1 Å². The fourth-order valence-corrected chi connectivity index (χ4v) is 2.52. The second-order valence-corrected chi connectivity index (χ2v) is 5.37. The maximum Gasteiger partial charge on any atom is 0.118 e. The molecule has 1 fully saturated rings. The van der Waals surface area contributed by atoms with E-state index in [0.717, 1.165) is 23.0 Å². The topological polar surface area (TPSA) is 34.1 Å². The maximum atomic E-state index is 5.23. The molecule has 0 amide bonds. The Bertz CT molecular complexity index is 576. The summed E-state index contributed by atoms with van der Waals surface area (Å²) in [6.07, 6.45) is 4.42. The molecule has 0 aliphatic heterocycles. The van der Waals surface area contributed by atoms with Crippen molar-refractivity contribution in [3.63, 3.8) is 0 Å². The molecule has 0 saturated heterocycles. The van der Waals surface area contributed by atoms with Crippen molar-refractivity contribution in [3.8, 4) is 5.75 Å². The van der Waals surface area contributed by atoms with Crippen LogP contribution in [0.1, 0.15) is 30.1 Å². The number of aryl methyl sites for hydroxylation is 1. The van der Waals surface area contributed by atoms with Crippen LogP contribution in [0.4, 0.5) is 5.69 Å². The highest BCUT2D eigenvalue weighted by Crippen LogP contribution is 2.43. The highest BCUT2D eigenvalue weighted by atomic mass is 16.5. The summed E-state index contributed by atoms with van der Waals surface area (Å²) in [5.41, 5.74) is 3.49. The van der Waals surface area contributed by atoms with Gasteiger partial charge in [0, 0.05) is 6.20 Å². The van der Waals surface area contributed by atoms with Gasteiger partial charge in [-0.05, 0) is 55.5 Å². The fourth-order valence-electron chi connectivity index (χ4n) is 2.52. The van der Waals surface area contributed by atoms with Gasteiger partial charge in [0.05, 0.1) is 24.5 Å².